The molecule has 12 heteroatoms. The summed E-state index contributed by atoms with van der Waals surface area (Å²) < 4.78 is 52.9. The molecule has 40 heavy (non-hydrogen) atoms. The Hall–Kier alpha value is -5.57. The van der Waals surface area contributed by atoms with Crippen molar-refractivity contribution in [3.05, 3.63) is 101 Å². The summed E-state index contributed by atoms with van der Waals surface area (Å²) in [5.41, 5.74) is 2.00. The van der Waals surface area contributed by atoms with Crippen LogP contribution in [0.3, 0.4) is 0 Å². The molecule has 8 nitrogen and oxygen atoms in total. The minimum Gasteiger partial charge on any atom is -0.362 e. The SMILES string of the molecule is N#Cc1cc(NC(=O)Nc2cc(C(F)(F)F)ccc2F)cc(Nc2ccc3c(c2)NC(=O)C3=Cc2ccc[nH]2)c1. The summed E-state index contributed by atoms with van der Waals surface area (Å²) in [4.78, 5) is 28.0. The fraction of sp³-hybridized carbons (Fsp3) is 0.0357. The third-order valence-corrected chi connectivity index (χ3v) is 5.87. The number of hydrogen-bond acceptors (Lipinski definition) is 4. The fourth-order valence-corrected chi connectivity index (χ4v) is 4.09. The van der Waals surface area contributed by atoms with E-state index in [4.69, 9.17) is 0 Å². The molecular formula is C28H18F4N6O2. The quantitative estimate of drug-likeness (QED) is 0.138. The van der Waals surface area contributed by atoms with E-state index in [-0.39, 0.29) is 17.2 Å². The number of aromatic nitrogens is 1. The molecule has 0 radical (unpaired) electrons. The average molecular weight is 546 g/mol. The van der Waals surface area contributed by atoms with Crippen molar-refractivity contribution in [2.45, 2.75) is 6.18 Å². The lowest BCUT2D eigenvalue weighted by Crippen LogP contribution is -2.21. The molecule has 0 saturated heterocycles. The third-order valence-electron chi connectivity index (χ3n) is 5.87. The predicted octanol–water partition coefficient (Wildman–Crippen LogP) is 6.92. The van der Waals surface area contributed by atoms with Crippen LogP contribution in [-0.2, 0) is 11.0 Å². The number of urea groups is 1. The average Bonchev–Trinajstić information content (AvgIpc) is 3.52. The van der Waals surface area contributed by atoms with Crippen LogP contribution in [0.2, 0.25) is 0 Å². The summed E-state index contributed by atoms with van der Waals surface area (Å²) in [6.07, 6.45) is -1.24. The molecule has 2 heterocycles. The van der Waals surface area contributed by atoms with Gasteiger partial charge in [0.25, 0.3) is 5.91 Å². The maximum absolute atomic E-state index is 14.0. The standard InChI is InChI=1S/C28H18F4N6O2/c29-23-6-3-16(28(30,31)32)10-25(23)38-27(40)36-20-9-15(14-33)8-19(11-20)35-18-4-5-21-22(12-17-2-1-7-34-17)26(39)37-24(21)13-18/h1-13,34-35H,(H,37,39)(H2,36,38,40). The van der Waals surface area contributed by atoms with Crippen LogP contribution >= 0.6 is 0 Å². The van der Waals surface area contributed by atoms with Gasteiger partial charge in [-0.05, 0) is 66.7 Å². The van der Waals surface area contributed by atoms with Crippen molar-refractivity contribution < 1.29 is 27.2 Å². The van der Waals surface area contributed by atoms with Gasteiger partial charge < -0.3 is 26.3 Å². The lowest BCUT2D eigenvalue weighted by molar-refractivity contribution is -0.137. The second-order valence-corrected chi connectivity index (χ2v) is 8.71. The zero-order valence-corrected chi connectivity index (χ0v) is 20.3. The van der Waals surface area contributed by atoms with Crippen LogP contribution < -0.4 is 21.3 Å². The van der Waals surface area contributed by atoms with Gasteiger partial charge in [0, 0.05) is 34.5 Å². The van der Waals surface area contributed by atoms with Gasteiger partial charge >= 0.3 is 12.2 Å². The molecule has 3 aromatic carbocycles. The van der Waals surface area contributed by atoms with Crippen molar-refractivity contribution in [2.24, 2.45) is 0 Å². The monoisotopic (exact) mass is 546 g/mol. The van der Waals surface area contributed by atoms with Crippen molar-refractivity contribution >= 4 is 52.0 Å². The van der Waals surface area contributed by atoms with Crippen LogP contribution in [-0.4, -0.2) is 16.9 Å². The Kier molecular flexibility index (Phi) is 6.71. The summed E-state index contributed by atoms with van der Waals surface area (Å²) in [5, 5.41) is 19.8. The minimum atomic E-state index is -4.72. The Morgan fingerprint density at radius 2 is 1.75 bits per heavy atom. The molecule has 1 aliphatic heterocycles. The number of alkyl halides is 3. The van der Waals surface area contributed by atoms with Crippen LogP contribution in [0.15, 0.2) is 72.9 Å². The zero-order chi connectivity index (χ0) is 28.4. The summed E-state index contributed by atoms with van der Waals surface area (Å²) in [6.45, 7) is 0. The number of aromatic amines is 1. The Bertz CT molecular complexity index is 1700. The van der Waals surface area contributed by atoms with E-state index in [9.17, 15) is 32.4 Å². The molecule has 0 spiro atoms. The van der Waals surface area contributed by atoms with E-state index in [0.29, 0.717) is 46.4 Å². The number of halogens is 4. The highest BCUT2D eigenvalue weighted by Gasteiger charge is 2.31. The van der Waals surface area contributed by atoms with E-state index in [2.05, 4.69) is 26.3 Å². The molecule has 0 saturated carbocycles. The van der Waals surface area contributed by atoms with Crippen LogP contribution in [0.1, 0.15) is 22.4 Å². The number of carbonyl (C=O) groups excluding carboxylic acids is 2. The molecule has 0 fully saturated rings. The largest absolute Gasteiger partial charge is 0.416 e. The van der Waals surface area contributed by atoms with E-state index in [1.165, 1.54) is 18.2 Å². The summed E-state index contributed by atoms with van der Waals surface area (Å²) in [5.74, 6) is -1.31. The first-order chi connectivity index (χ1) is 19.1. The molecule has 4 aromatic rings. The molecular weight excluding hydrogens is 528 g/mol. The minimum absolute atomic E-state index is 0.122. The number of nitriles is 1. The van der Waals surface area contributed by atoms with Crippen molar-refractivity contribution in [3.63, 3.8) is 0 Å². The lowest BCUT2D eigenvalue weighted by atomic mass is 10.1. The summed E-state index contributed by atoms with van der Waals surface area (Å²) in [6, 6.07) is 15.8. The van der Waals surface area contributed by atoms with Gasteiger partial charge in [-0.2, -0.15) is 18.4 Å². The molecule has 0 unspecified atom stereocenters. The molecule has 1 aromatic heterocycles. The Balaban J connectivity index is 1.34. The second kappa shape index (κ2) is 10.3. The first-order valence-electron chi connectivity index (χ1n) is 11.7. The van der Waals surface area contributed by atoms with Crippen LogP contribution in [0, 0.1) is 17.1 Å². The Morgan fingerprint density at radius 1 is 0.950 bits per heavy atom. The van der Waals surface area contributed by atoms with Gasteiger partial charge in [-0.1, -0.05) is 6.07 Å². The topological polar surface area (TPSA) is 122 Å². The maximum Gasteiger partial charge on any atom is 0.416 e. The number of nitrogens with one attached hydrogen (secondary N) is 5. The van der Waals surface area contributed by atoms with Gasteiger partial charge in [0.2, 0.25) is 0 Å². The molecule has 0 aliphatic carbocycles. The normalized spacial score (nSPS) is 13.4. The van der Waals surface area contributed by atoms with Crippen LogP contribution in [0.5, 0.6) is 0 Å². The zero-order valence-electron chi connectivity index (χ0n) is 20.3. The fourth-order valence-electron chi connectivity index (χ4n) is 4.09. The second-order valence-electron chi connectivity index (χ2n) is 8.71. The summed E-state index contributed by atoms with van der Waals surface area (Å²) >= 11 is 0. The van der Waals surface area contributed by atoms with Crippen LogP contribution in [0.25, 0.3) is 11.6 Å². The smallest absolute Gasteiger partial charge is 0.362 e. The maximum atomic E-state index is 14.0. The number of amides is 3. The van der Waals surface area contributed by atoms with E-state index >= 15 is 0 Å². The molecule has 3 amide bonds. The van der Waals surface area contributed by atoms with Gasteiger partial charge in [-0.25, -0.2) is 9.18 Å². The lowest BCUT2D eigenvalue weighted by Gasteiger charge is -2.13. The van der Waals surface area contributed by atoms with Crippen LogP contribution in [0.4, 0.5) is 50.8 Å². The number of nitrogens with zero attached hydrogens (tertiary/aromatic N) is 1. The number of rotatable bonds is 5. The number of carbonyl (C=O) groups is 2. The number of hydrogen-bond donors (Lipinski definition) is 5. The van der Waals surface area contributed by atoms with Crippen molar-refractivity contribution in [1.82, 2.24) is 4.98 Å². The van der Waals surface area contributed by atoms with Crippen molar-refractivity contribution in [1.29, 1.82) is 5.26 Å². The highest BCUT2D eigenvalue weighted by Crippen LogP contribution is 2.36. The summed E-state index contributed by atoms with van der Waals surface area (Å²) in [7, 11) is 0. The van der Waals surface area contributed by atoms with Crippen molar-refractivity contribution in [3.8, 4) is 6.07 Å². The first kappa shape index (κ1) is 26.1. The number of fused-ring (bicyclic) bond motifs is 1. The first-order valence-corrected chi connectivity index (χ1v) is 11.7. The van der Waals surface area contributed by atoms with Gasteiger partial charge in [-0.3, -0.25) is 4.79 Å². The van der Waals surface area contributed by atoms with Gasteiger partial charge in [0.05, 0.1) is 34.1 Å². The molecule has 5 rings (SSSR count). The highest BCUT2D eigenvalue weighted by molar-refractivity contribution is 6.35. The number of H-pyrrole nitrogens is 1. The van der Waals surface area contributed by atoms with Gasteiger partial charge in [-0.15, -0.1) is 0 Å². The Labute approximate surface area is 224 Å². The van der Waals surface area contributed by atoms with Crippen molar-refractivity contribution in [2.75, 3.05) is 21.3 Å². The predicted molar refractivity (Wildman–Crippen MR) is 142 cm³/mol. The Morgan fingerprint density at radius 3 is 2.48 bits per heavy atom. The third kappa shape index (κ3) is 5.63. The molecule has 200 valence electrons. The molecule has 0 bridgehead atoms. The van der Waals surface area contributed by atoms with E-state index in [1.54, 1.807) is 30.5 Å². The van der Waals surface area contributed by atoms with E-state index in [1.807, 2.05) is 18.2 Å². The van der Waals surface area contributed by atoms with E-state index < -0.39 is 29.3 Å². The highest BCUT2D eigenvalue weighted by atomic mass is 19.4. The number of anilines is 5. The van der Waals surface area contributed by atoms with Gasteiger partial charge in [0.15, 0.2) is 0 Å². The molecule has 0 atom stereocenters. The van der Waals surface area contributed by atoms with Gasteiger partial charge in [0.1, 0.15) is 5.82 Å². The van der Waals surface area contributed by atoms with E-state index in [0.717, 1.165) is 5.69 Å². The molecule has 1 aliphatic rings. The number of benzene rings is 3. The molecule has 5 N–H and O–H groups in total.